The second-order valence-corrected chi connectivity index (χ2v) is 5.39. The van der Waals surface area contributed by atoms with Gasteiger partial charge in [0.25, 0.3) is 0 Å². The van der Waals surface area contributed by atoms with Crippen LogP contribution in [0.4, 0.5) is 0 Å². The van der Waals surface area contributed by atoms with Crippen molar-refractivity contribution in [3.63, 3.8) is 0 Å². The SMILES string of the molecule is Cc1nc2ccccc2nc1COC(=O)c1ccc2c(c1)OCO2. The summed E-state index contributed by atoms with van der Waals surface area (Å²) in [5.74, 6) is 0.733. The lowest BCUT2D eigenvalue weighted by atomic mass is 10.2. The summed E-state index contributed by atoms with van der Waals surface area (Å²) in [7, 11) is 0. The Balaban J connectivity index is 1.52. The summed E-state index contributed by atoms with van der Waals surface area (Å²) in [6.45, 7) is 2.08. The summed E-state index contributed by atoms with van der Waals surface area (Å²) in [5, 5.41) is 0. The molecule has 0 atom stereocenters. The third kappa shape index (κ3) is 2.62. The number of benzene rings is 2. The number of aryl methyl sites for hydroxylation is 1. The molecule has 2 heterocycles. The molecule has 0 amide bonds. The minimum absolute atomic E-state index is 0.0664. The lowest BCUT2D eigenvalue weighted by Gasteiger charge is -2.08. The average Bonchev–Trinajstić information content (AvgIpc) is 3.07. The van der Waals surface area contributed by atoms with Gasteiger partial charge in [-0.25, -0.2) is 14.8 Å². The first-order valence-corrected chi connectivity index (χ1v) is 7.50. The molecule has 0 fully saturated rings. The van der Waals surface area contributed by atoms with E-state index in [-0.39, 0.29) is 13.4 Å². The molecule has 4 rings (SSSR count). The fourth-order valence-electron chi connectivity index (χ4n) is 2.50. The van der Waals surface area contributed by atoms with Gasteiger partial charge in [-0.15, -0.1) is 0 Å². The Labute approximate surface area is 138 Å². The molecule has 1 aromatic heterocycles. The van der Waals surface area contributed by atoms with Crippen LogP contribution in [0.2, 0.25) is 0 Å². The number of carbonyl (C=O) groups excluding carboxylic acids is 1. The van der Waals surface area contributed by atoms with Crippen LogP contribution in [0.1, 0.15) is 21.7 Å². The Morgan fingerprint density at radius 1 is 1.08 bits per heavy atom. The van der Waals surface area contributed by atoms with E-state index < -0.39 is 5.97 Å². The zero-order valence-electron chi connectivity index (χ0n) is 13.0. The molecular weight excluding hydrogens is 308 g/mol. The summed E-state index contributed by atoms with van der Waals surface area (Å²) >= 11 is 0. The maximum atomic E-state index is 12.2. The Morgan fingerprint density at radius 3 is 2.67 bits per heavy atom. The first-order valence-electron chi connectivity index (χ1n) is 7.50. The van der Waals surface area contributed by atoms with Crippen molar-refractivity contribution < 1.29 is 19.0 Å². The van der Waals surface area contributed by atoms with E-state index in [1.807, 2.05) is 31.2 Å². The molecule has 0 unspecified atom stereocenters. The van der Waals surface area contributed by atoms with Crippen LogP contribution in [0.5, 0.6) is 11.5 Å². The predicted octanol–water partition coefficient (Wildman–Crippen LogP) is 3.02. The van der Waals surface area contributed by atoms with Gasteiger partial charge in [0, 0.05) is 0 Å². The number of hydrogen-bond acceptors (Lipinski definition) is 6. The molecule has 3 aromatic rings. The van der Waals surface area contributed by atoms with E-state index in [0.717, 1.165) is 16.7 Å². The Hall–Kier alpha value is -3.15. The first-order chi connectivity index (χ1) is 11.7. The van der Waals surface area contributed by atoms with Crippen LogP contribution in [0.25, 0.3) is 11.0 Å². The van der Waals surface area contributed by atoms with Gasteiger partial charge in [-0.2, -0.15) is 0 Å². The third-order valence-electron chi connectivity index (χ3n) is 3.79. The van der Waals surface area contributed by atoms with Crippen LogP contribution in [-0.4, -0.2) is 22.7 Å². The van der Waals surface area contributed by atoms with Crippen molar-refractivity contribution in [3.8, 4) is 11.5 Å². The van der Waals surface area contributed by atoms with Crippen molar-refractivity contribution in [3.05, 3.63) is 59.4 Å². The Bertz CT molecular complexity index is 939. The zero-order valence-corrected chi connectivity index (χ0v) is 13.0. The van der Waals surface area contributed by atoms with Crippen LogP contribution in [0.3, 0.4) is 0 Å². The Kier molecular flexibility index (Phi) is 3.49. The molecule has 0 radical (unpaired) electrons. The number of carbonyl (C=O) groups is 1. The lowest BCUT2D eigenvalue weighted by Crippen LogP contribution is -2.08. The maximum Gasteiger partial charge on any atom is 0.338 e. The molecular formula is C18H14N2O4. The second-order valence-electron chi connectivity index (χ2n) is 5.39. The first kappa shape index (κ1) is 14.4. The number of hydrogen-bond donors (Lipinski definition) is 0. The molecule has 0 spiro atoms. The molecule has 1 aliphatic heterocycles. The van der Waals surface area contributed by atoms with E-state index in [0.29, 0.717) is 22.8 Å². The smallest absolute Gasteiger partial charge is 0.338 e. The van der Waals surface area contributed by atoms with E-state index in [9.17, 15) is 4.79 Å². The van der Waals surface area contributed by atoms with Gasteiger partial charge in [0.2, 0.25) is 6.79 Å². The van der Waals surface area contributed by atoms with E-state index in [1.54, 1.807) is 18.2 Å². The molecule has 2 aromatic carbocycles. The fraction of sp³-hybridized carbons (Fsp3) is 0.167. The normalized spacial score (nSPS) is 12.4. The lowest BCUT2D eigenvalue weighted by molar-refractivity contribution is 0.0466. The number of para-hydroxylation sites is 2. The van der Waals surface area contributed by atoms with Crippen LogP contribution >= 0.6 is 0 Å². The summed E-state index contributed by atoms with van der Waals surface area (Å²) in [5.41, 5.74) is 3.39. The highest BCUT2D eigenvalue weighted by Crippen LogP contribution is 2.32. The summed E-state index contributed by atoms with van der Waals surface area (Å²) in [6, 6.07) is 12.5. The topological polar surface area (TPSA) is 70.5 Å². The molecule has 6 nitrogen and oxygen atoms in total. The molecule has 0 saturated carbocycles. The number of ether oxygens (including phenoxy) is 3. The van der Waals surface area contributed by atoms with Crippen molar-refractivity contribution in [2.75, 3.05) is 6.79 Å². The molecule has 120 valence electrons. The van der Waals surface area contributed by atoms with Crippen LogP contribution in [0, 0.1) is 6.92 Å². The van der Waals surface area contributed by atoms with E-state index in [1.165, 1.54) is 0 Å². The number of fused-ring (bicyclic) bond motifs is 2. The number of nitrogens with zero attached hydrogens (tertiary/aromatic N) is 2. The highest BCUT2D eigenvalue weighted by molar-refractivity contribution is 5.90. The average molecular weight is 322 g/mol. The number of rotatable bonds is 3. The molecule has 0 saturated heterocycles. The van der Waals surface area contributed by atoms with Gasteiger partial charge in [-0.3, -0.25) is 0 Å². The quantitative estimate of drug-likeness (QED) is 0.690. The van der Waals surface area contributed by atoms with Gasteiger partial charge in [0.05, 0.1) is 28.0 Å². The van der Waals surface area contributed by atoms with Gasteiger partial charge in [0.15, 0.2) is 11.5 Å². The van der Waals surface area contributed by atoms with Gasteiger partial charge < -0.3 is 14.2 Å². The van der Waals surface area contributed by atoms with Crippen molar-refractivity contribution >= 4 is 17.0 Å². The summed E-state index contributed by atoms with van der Waals surface area (Å²) in [6.07, 6.45) is 0. The van der Waals surface area contributed by atoms with Gasteiger partial charge in [-0.1, -0.05) is 12.1 Å². The molecule has 0 aliphatic carbocycles. The van der Waals surface area contributed by atoms with Crippen LogP contribution < -0.4 is 9.47 Å². The van der Waals surface area contributed by atoms with Crippen molar-refractivity contribution in [2.24, 2.45) is 0 Å². The number of aromatic nitrogens is 2. The van der Waals surface area contributed by atoms with Gasteiger partial charge >= 0.3 is 5.97 Å². The molecule has 0 bridgehead atoms. The molecule has 24 heavy (non-hydrogen) atoms. The van der Waals surface area contributed by atoms with Crippen molar-refractivity contribution in [1.29, 1.82) is 0 Å². The van der Waals surface area contributed by atoms with Crippen molar-refractivity contribution in [2.45, 2.75) is 13.5 Å². The molecule has 0 N–H and O–H groups in total. The van der Waals surface area contributed by atoms with E-state index in [4.69, 9.17) is 14.2 Å². The number of esters is 1. The predicted molar refractivity (Wildman–Crippen MR) is 86.0 cm³/mol. The summed E-state index contributed by atoms with van der Waals surface area (Å²) in [4.78, 5) is 21.2. The van der Waals surface area contributed by atoms with E-state index in [2.05, 4.69) is 9.97 Å². The second kappa shape index (κ2) is 5.81. The van der Waals surface area contributed by atoms with Crippen molar-refractivity contribution in [1.82, 2.24) is 9.97 Å². The minimum atomic E-state index is -0.442. The van der Waals surface area contributed by atoms with Gasteiger partial charge in [-0.05, 0) is 37.3 Å². The maximum absolute atomic E-state index is 12.2. The monoisotopic (exact) mass is 322 g/mol. The minimum Gasteiger partial charge on any atom is -0.456 e. The molecule has 1 aliphatic rings. The third-order valence-corrected chi connectivity index (χ3v) is 3.79. The highest BCUT2D eigenvalue weighted by Gasteiger charge is 2.17. The highest BCUT2D eigenvalue weighted by atomic mass is 16.7. The van der Waals surface area contributed by atoms with Crippen LogP contribution in [-0.2, 0) is 11.3 Å². The standard InChI is InChI=1S/C18H14N2O4/c1-11-15(20-14-5-3-2-4-13(14)19-11)9-22-18(21)12-6-7-16-17(8-12)24-10-23-16/h2-8H,9-10H2,1H3. The summed E-state index contributed by atoms with van der Waals surface area (Å²) < 4.78 is 15.9. The largest absolute Gasteiger partial charge is 0.456 e. The van der Waals surface area contributed by atoms with Crippen LogP contribution in [0.15, 0.2) is 42.5 Å². The Morgan fingerprint density at radius 2 is 1.83 bits per heavy atom. The van der Waals surface area contributed by atoms with Gasteiger partial charge in [0.1, 0.15) is 6.61 Å². The van der Waals surface area contributed by atoms with E-state index >= 15 is 0 Å². The zero-order chi connectivity index (χ0) is 16.5. The fourth-order valence-corrected chi connectivity index (χ4v) is 2.50. The molecule has 6 heteroatoms.